The number of nitrogens with zero attached hydrogens (tertiary/aromatic N) is 2. The third-order valence-electron chi connectivity index (χ3n) is 5.11. The van der Waals surface area contributed by atoms with Gasteiger partial charge in [0.25, 0.3) is 0 Å². The molecule has 0 amide bonds. The third-order valence-corrected chi connectivity index (χ3v) is 5.11. The van der Waals surface area contributed by atoms with Gasteiger partial charge in [-0.1, -0.05) is 72.8 Å². The first-order chi connectivity index (χ1) is 13.2. The fourth-order valence-corrected chi connectivity index (χ4v) is 4.04. The van der Waals surface area contributed by atoms with Crippen molar-refractivity contribution in [2.24, 2.45) is 0 Å². The average molecular weight is 354 g/mol. The highest BCUT2D eigenvalue weighted by molar-refractivity contribution is 6.05. The Bertz CT molecular complexity index is 1060. The second kappa shape index (κ2) is 7.42. The monoisotopic (exact) mass is 354 g/mol. The lowest BCUT2D eigenvalue weighted by molar-refractivity contribution is 0.403. The number of rotatable bonds is 5. The highest BCUT2D eigenvalue weighted by Gasteiger charge is 2.20. The van der Waals surface area contributed by atoms with Crippen LogP contribution in [0.2, 0.25) is 0 Å². The molecule has 0 aliphatic heterocycles. The van der Waals surface area contributed by atoms with Gasteiger partial charge in [-0.05, 0) is 43.8 Å². The quantitative estimate of drug-likeness (QED) is 0.423. The topological polar surface area (TPSA) is 8.17 Å². The van der Waals surface area contributed by atoms with E-state index in [9.17, 15) is 0 Å². The zero-order chi connectivity index (χ0) is 18.8. The summed E-state index contributed by atoms with van der Waals surface area (Å²) in [6.45, 7) is 4.10. The largest absolute Gasteiger partial charge is 0.340 e. The smallest absolute Gasteiger partial charge is 0.0571 e. The summed E-state index contributed by atoms with van der Waals surface area (Å²) in [5.41, 5.74) is 7.91. The highest BCUT2D eigenvalue weighted by Crippen LogP contribution is 2.42. The molecule has 0 aliphatic rings. The van der Waals surface area contributed by atoms with E-state index >= 15 is 0 Å². The van der Waals surface area contributed by atoms with Crippen LogP contribution in [0.1, 0.15) is 12.5 Å². The summed E-state index contributed by atoms with van der Waals surface area (Å²) >= 11 is 0. The molecule has 0 fully saturated rings. The summed E-state index contributed by atoms with van der Waals surface area (Å²) in [7, 11) is 4.26. The Labute approximate surface area is 161 Å². The number of aromatic nitrogens is 1. The van der Waals surface area contributed by atoms with Gasteiger partial charge in [0.1, 0.15) is 0 Å². The molecule has 3 aromatic carbocycles. The van der Waals surface area contributed by atoms with Crippen molar-refractivity contribution in [3.05, 3.63) is 84.4 Å². The molecular weight excluding hydrogens is 328 g/mol. The molecule has 2 heteroatoms. The van der Waals surface area contributed by atoms with E-state index in [1.807, 2.05) is 0 Å². The van der Waals surface area contributed by atoms with Crippen molar-refractivity contribution < 1.29 is 0 Å². The number of aryl methyl sites for hydroxylation is 1. The van der Waals surface area contributed by atoms with Crippen molar-refractivity contribution >= 4 is 10.9 Å². The number of hydrogen-bond donors (Lipinski definition) is 0. The average Bonchev–Trinajstić information content (AvgIpc) is 3.03. The molecule has 0 N–H and O–H groups in total. The summed E-state index contributed by atoms with van der Waals surface area (Å²) in [4.78, 5) is 2.24. The maximum Gasteiger partial charge on any atom is 0.0571 e. The summed E-state index contributed by atoms with van der Waals surface area (Å²) in [6, 6.07) is 28.4. The Morgan fingerprint density at radius 1 is 0.778 bits per heavy atom. The first kappa shape index (κ1) is 17.6. The Morgan fingerprint density at radius 2 is 1.44 bits per heavy atom. The molecule has 0 bridgehead atoms. The summed E-state index contributed by atoms with van der Waals surface area (Å²) in [5, 5.41) is 1.32. The number of hydrogen-bond acceptors (Lipinski definition) is 1. The molecule has 4 rings (SSSR count). The van der Waals surface area contributed by atoms with E-state index in [0.717, 1.165) is 13.1 Å². The van der Waals surface area contributed by atoms with E-state index in [1.165, 1.54) is 38.9 Å². The van der Waals surface area contributed by atoms with Gasteiger partial charge in [-0.25, -0.2) is 0 Å². The van der Waals surface area contributed by atoms with E-state index in [1.54, 1.807) is 0 Å². The number of benzene rings is 3. The van der Waals surface area contributed by atoms with Crippen molar-refractivity contribution in [2.45, 2.75) is 20.0 Å². The van der Waals surface area contributed by atoms with Crippen molar-refractivity contribution in [3.8, 4) is 22.4 Å². The van der Waals surface area contributed by atoms with Crippen molar-refractivity contribution in [1.29, 1.82) is 0 Å². The first-order valence-corrected chi connectivity index (χ1v) is 9.60. The Hall–Kier alpha value is -2.84. The van der Waals surface area contributed by atoms with Crippen LogP contribution < -0.4 is 0 Å². The molecule has 2 nitrogen and oxygen atoms in total. The first-order valence-electron chi connectivity index (χ1n) is 9.60. The van der Waals surface area contributed by atoms with E-state index < -0.39 is 0 Å². The standard InChI is InChI=1S/C25H26N2/c1-4-27-23-17-11-10-16-22(23)24(25(27)19-12-6-5-7-13-19)21-15-9-8-14-20(21)18-26(2)3/h5-17H,4,18H2,1-3H3. The van der Waals surface area contributed by atoms with Crippen LogP contribution in [0.3, 0.4) is 0 Å². The minimum Gasteiger partial charge on any atom is -0.340 e. The van der Waals surface area contributed by atoms with Crippen LogP contribution in [0.5, 0.6) is 0 Å². The molecule has 0 aliphatic carbocycles. The van der Waals surface area contributed by atoms with Crippen LogP contribution in [-0.2, 0) is 13.1 Å². The SMILES string of the molecule is CCn1c(-c2ccccc2)c(-c2ccccc2CN(C)C)c2ccccc21. The van der Waals surface area contributed by atoms with Crippen LogP contribution in [0.15, 0.2) is 78.9 Å². The lowest BCUT2D eigenvalue weighted by Gasteiger charge is -2.16. The summed E-state index contributed by atoms with van der Waals surface area (Å²) in [5.74, 6) is 0. The second-order valence-corrected chi connectivity index (χ2v) is 7.25. The fourth-order valence-electron chi connectivity index (χ4n) is 4.04. The lowest BCUT2D eigenvalue weighted by Crippen LogP contribution is -2.11. The molecule has 136 valence electrons. The zero-order valence-corrected chi connectivity index (χ0v) is 16.3. The summed E-state index contributed by atoms with van der Waals surface area (Å²) < 4.78 is 2.45. The molecule has 27 heavy (non-hydrogen) atoms. The predicted molar refractivity (Wildman–Crippen MR) is 116 cm³/mol. The van der Waals surface area contributed by atoms with E-state index in [4.69, 9.17) is 0 Å². The Morgan fingerprint density at radius 3 is 2.19 bits per heavy atom. The van der Waals surface area contributed by atoms with Gasteiger partial charge in [-0.2, -0.15) is 0 Å². The second-order valence-electron chi connectivity index (χ2n) is 7.25. The van der Waals surface area contributed by atoms with Gasteiger partial charge in [0.05, 0.1) is 5.69 Å². The molecule has 0 saturated heterocycles. The zero-order valence-electron chi connectivity index (χ0n) is 16.3. The van der Waals surface area contributed by atoms with E-state index in [2.05, 4.69) is 109 Å². The minimum absolute atomic E-state index is 0.927. The number of fused-ring (bicyclic) bond motifs is 1. The molecule has 4 aromatic rings. The molecule has 0 saturated carbocycles. The van der Waals surface area contributed by atoms with Crippen molar-refractivity contribution in [3.63, 3.8) is 0 Å². The number of para-hydroxylation sites is 1. The predicted octanol–water partition coefficient (Wildman–Crippen LogP) is 6.06. The molecule has 0 unspecified atom stereocenters. The highest BCUT2D eigenvalue weighted by atomic mass is 15.0. The van der Waals surface area contributed by atoms with Crippen LogP contribution in [-0.4, -0.2) is 23.6 Å². The lowest BCUT2D eigenvalue weighted by atomic mass is 9.94. The molecule has 0 spiro atoms. The van der Waals surface area contributed by atoms with Crippen molar-refractivity contribution in [1.82, 2.24) is 9.47 Å². The third kappa shape index (κ3) is 3.17. The Balaban J connectivity index is 2.10. The van der Waals surface area contributed by atoms with E-state index in [0.29, 0.717) is 0 Å². The summed E-state index contributed by atoms with van der Waals surface area (Å²) in [6.07, 6.45) is 0. The van der Waals surface area contributed by atoms with Crippen molar-refractivity contribution in [2.75, 3.05) is 14.1 Å². The molecule has 1 heterocycles. The van der Waals surface area contributed by atoms with Gasteiger partial charge < -0.3 is 9.47 Å². The fraction of sp³-hybridized carbons (Fsp3) is 0.200. The van der Waals surface area contributed by atoms with Crippen LogP contribution in [0.25, 0.3) is 33.3 Å². The van der Waals surface area contributed by atoms with Crippen LogP contribution >= 0.6 is 0 Å². The van der Waals surface area contributed by atoms with Gasteiger partial charge in [0, 0.05) is 29.6 Å². The molecular formula is C25H26N2. The molecule has 0 radical (unpaired) electrons. The van der Waals surface area contributed by atoms with Gasteiger partial charge >= 0.3 is 0 Å². The molecule has 0 atom stereocenters. The molecule has 1 aromatic heterocycles. The normalized spacial score (nSPS) is 11.4. The van der Waals surface area contributed by atoms with E-state index in [-0.39, 0.29) is 0 Å². The van der Waals surface area contributed by atoms with Crippen LogP contribution in [0.4, 0.5) is 0 Å². The maximum atomic E-state index is 2.45. The Kier molecular flexibility index (Phi) is 4.83. The van der Waals surface area contributed by atoms with Gasteiger partial charge in [-0.15, -0.1) is 0 Å². The van der Waals surface area contributed by atoms with Gasteiger partial charge in [0.2, 0.25) is 0 Å². The van der Waals surface area contributed by atoms with Gasteiger partial charge in [-0.3, -0.25) is 0 Å². The van der Waals surface area contributed by atoms with Crippen LogP contribution in [0, 0.1) is 0 Å². The van der Waals surface area contributed by atoms with Gasteiger partial charge in [0.15, 0.2) is 0 Å². The maximum absolute atomic E-state index is 2.45. The minimum atomic E-state index is 0.927.